The van der Waals surface area contributed by atoms with Gasteiger partial charge in [-0.3, -0.25) is 9.69 Å². The lowest BCUT2D eigenvalue weighted by Gasteiger charge is -2.24. The number of nitrogens with one attached hydrogen (secondary N) is 1. The number of thiophene rings is 1. The lowest BCUT2D eigenvalue weighted by Crippen LogP contribution is -2.42. The minimum absolute atomic E-state index is 0.0259. The Balaban J connectivity index is 1.88. The van der Waals surface area contributed by atoms with Gasteiger partial charge in [0.25, 0.3) is 0 Å². The zero-order chi connectivity index (χ0) is 15.2. The molecule has 2 rings (SSSR count). The second kappa shape index (κ2) is 7.59. The van der Waals surface area contributed by atoms with Crippen LogP contribution in [0.2, 0.25) is 5.02 Å². The molecule has 0 saturated heterocycles. The predicted octanol–water partition coefficient (Wildman–Crippen LogP) is 3.54. The maximum absolute atomic E-state index is 12.2. The van der Waals surface area contributed by atoms with E-state index in [0.29, 0.717) is 13.1 Å². The third-order valence-electron chi connectivity index (χ3n) is 3.44. The summed E-state index contributed by atoms with van der Waals surface area (Å²) in [5.74, 6) is 0.0259. The molecule has 0 bridgehead atoms. The molecule has 21 heavy (non-hydrogen) atoms. The number of halogens is 1. The van der Waals surface area contributed by atoms with Crippen molar-refractivity contribution >= 4 is 28.8 Å². The fraction of sp³-hybridized carbons (Fsp3) is 0.312. The second-order valence-corrected chi connectivity index (χ2v) is 6.42. The van der Waals surface area contributed by atoms with Crippen molar-refractivity contribution in [1.82, 2.24) is 10.2 Å². The van der Waals surface area contributed by atoms with Crippen molar-refractivity contribution in [3.8, 4) is 0 Å². The summed E-state index contributed by atoms with van der Waals surface area (Å²) in [6.45, 7) is 3.13. The summed E-state index contributed by atoms with van der Waals surface area (Å²) < 4.78 is 0. The molecular weight excluding hydrogens is 304 g/mol. The van der Waals surface area contributed by atoms with E-state index in [0.717, 1.165) is 15.5 Å². The van der Waals surface area contributed by atoms with Gasteiger partial charge in [-0.05, 0) is 37.0 Å². The number of carbonyl (C=O) groups is 1. The van der Waals surface area contributed by atoms with Crippen LogP contribution in [0.3, 0.4) is 0 Å². The third kappa shape index (κ3) is 4.56. The molecule has 1 N–H and O–H groups in total. The van der Waals surface area contributed by atoms with Gasteiger partial charge in [0.1, 0.15) is 0 Å². The van der Waals surface area contributed by atoms with E-state index in [2.05, 4.69) is 5.32 Å². The fourth-order valence-electron chi connectivity index (χ4n) is 1.97. The summed E-state index contributed by atoms with van der Waals surface area (Å²) in [4.78, 5) is 15.3. The van der Waals surface area contributed by atoms with Gasteiger partial charge in [-0.15, -0.1) is 11.3 Å². The number of amides is 1. The van der Waals surface area contributed by atoms with Crippen LogP contribution in [0, 0.1) is 0 Å². The van der Waals surface area contributed by atoms with Crippen molar-refractivity contribution in [2.75, 3.05) is 7.05 Å². The summed E-state index contributed by atoms with van der Waals surface area (Å²) in [5, 5.41) is 5.70. The molecule has 0 spiro atoms. The Morgan fingerprint density at radius 2 is 2.10 bits per heavy atom. The number of benzene rings is 1. The smallest absolute Gasteiger partial charge is 0.237 e. The van der Waals surface area contributed by atoms with E-state index in [1.54, 1.807) is 11.3 Å². The monoisotopic (exact) mass is 322 g/mol. The Morgan fingerprint density at radius 3 is 2.76 bits per heavy atom. The molecule has 0 fully saturated rings. The van der Waals surface area contributed by atoms with E-state index >= 15 is 0 Å². The van der Waals surface area contributed by atoms with Crippen LogP contribution in [0.4, 0.5) is 0 Å². The first-order valence-electron chi connectivity index (χ1n) is 6.81. The van der Waals surface area contributed by atoms with Gasteiger partial charge in [-0.2, -0.15) is 0 Å². The van der Waals surface area contributed by atoms with E-state index in [1.807, 2.05) is 60.6 Å². The molecule has 2 aromatic rings. The minimum Gasteiger partial charge on any atom is -0.350 e. The van der Waals surface area contributed by atoms with Crippen LogP contribution in [0.5, 0.6) is 0 Å². The van der Waals surface area contributed by atoms with Crippen LogP contribution >= 0.6 is 22.9 Å². The van der Waals surface area contributed by atoms with Crippen LogP contribution in [0.25, 0.3) is 0 Å². The van der Waals surface area contributed by atoms with Crippen molar-refractivity contribution in [1.29, 1.82) is 0 Å². The van der Waals surface area contributed by atoms with Crippen molar-refractivity contribution in [3.05, 3.63) is 57.2 Å². The van der Waals surface area contributed by atoms with E-state index < -0.39 is 0 Å². The lowest BCUT2D eigenvalue weighted by molar-refractivity contribution is -0.125. The third-order valence-corrected chi connectivity index (χ3v) is 4.68. The van der Waals surface area contributed by atoms with Crippen LogP contribution in [0.1, 0.15) is 17.4 Å². The molecule has 1 heterocycles. The van der Waals surface area contributed by atoms with Gasteiger partial charge in [-0.1, -0.05) is 35.9 Å². The number of hydrogen-bond acceptors (Lipinski definition) is 3. The Labute approximate surface area is 134 Å². The molecule has 1 amide bonds. The predicted molar refractivity (Wildman–Crippen MR) is 88.5 cm³/mol. The number of nitrogens with zero attached hydrogens (tertiary/aromatic N) is 1. The molecule has 1 atom stereocenters. The molecule has 0 unspecified atom stereocenters. The maximum atomic E-state index is 12.2. The number of hydrogen-bond donors (Lipinski definition) is 1. The van der Waals surface area contributed by atoms with Crippen molar-refractivity contribution in [2.24, 2.45) is 0 Å². The molecule has 0 aliphatic heterocycles. The van der Waals surface area contributed by atoms with Gasteiger partial charge >= 0.3 is 0 Å². The highest BCUT2D eigenvalue weighted by Gasteiger charge is 2.18. The molecule has 0 saturated carbocycles. The number of rotatable bonds is 6. The van der Waals surface area contributed by atoms with Crippen LogP contribution in [0.15, 0.2) is 41.8 Å². The van der Waals surface area contributed by atoms with Gasteiger partial charge in [0.2, 0.25) is 5.91 Å². The number of carbonyl (C=O) groups excluding carboxylic acids is 1. The van der Waals surface area contributed by atoms with Gasteiger partial charge < -0.3 is 5.32 Å². The van der Waals surface area contributed by atoms with Gasteiger partial charge in [0.05, 0.1) is 12.6 Å². The van der Waals surface area contributed by atoms with E-state index in [9.17, 15) is 4.79 Å². The lowest BCUT2D eigenvalue weighted by atomic mass is 10.2. The fourth-order valence-corrected chi connectivity index (χ4v) is 2.81. The Morgan fingerprint density at radius 1 is 1.33 bits per heavy atom. The van der Waals surface area contributed by atoms with Gasteiger partial charge in [0.15, 0.2) is 0 Å². The van der Waals surface area contributed by atoms with E-state index in [-0.39, 0.29) is 11.9 Å². The summed E-state index contributed by atoms with van der Waals surface area (Å²) in [5.41, 5.74) is 1.03. The Kier molecular flexibility index (Phi) is 5.79. The zero-order valence-electron chi connectivity index (χ0n) is 12.2. The average Bonchev–Trinajstić information content (AvgIpc) is 2.99. The first-order valence-corrected chi connectivity index (χ1v) is 8.07. The largest absolute Gasteiger partial charge is 0.350 e. The quantitative estimate of drug-likeness (QED) is 0.882. The summed E-state index contributed by atoms with van der Waals surface area (Å²) in [6, 6.07) is 11.5. The van der Waals surface area contributed by atoms with Gasteiger partial charge in [0, 0.05) is 16.4 Å². The minimum atomic E-state index is -0.207. The molecule has 1 aromatic carbocycles. The molecule has 5 heteroatoms. The molecule has 1 aromatic heterocycles. The SMILES string of the molecule is C[C@@H](C(=O)NCc1cccs1)N(C)Cc1ccccc1Cl. The van der Waals surface area contributed by atoms with Crippen LogP contribution in [-0.4, -0.2) is 23.9 Å². The highest BCUT2D eigenvalue weighted by molar-refractivity contribution is 7.09. The molecular formula is C16H19ClN2OS. The molecule has 0 aliphatic rings. The molecule has 3 nitrogen and oxygen atoms in total. The highest BCUT2D eigenvalue weighted by Crippen LogP contribution is 2.17. The molecule has 0 aliphatic carbocycles. The van der Waals surface area contributed by atoms with Crippen LogP contribution in [-0.2, 0) is 17.9 Å². The van der Waals surface area contributed by atoms with Gasteiger partial charge in [-0.25, -0.2) is 0 Å². The standard InChI is InChI=1S/C16H19ClN2OS/c1-12(16(20)18-10-14-7-5-9-21-14)19(2)11-13-6-3-4-8-15(13)17/h3-9,12H,10-11H2,1-2H3,(H,18,20)/t12-/m0/s1. The highest BCUT2D eigenvalue weighted by atomic mass is 35.5. The summed E-state index contributed by atoms with van der Waals surface area (Å²) in [7, 11) is 1.93. The normalized spacial score (nSPS) is 12.4. The first kappa shape index (κ1) is 16.0. The Bertz CT molecular complexity index is 586. The topological polar surface area (TPSA) is 32.3 Å². The van der Waals surface area contributed by atoms with Crippen molar-refractivity contribution < 1.29 is 4.79 Å². The average molecular weight is 323 g/mol. The summed E-state index contributed by atoms with van der Waals surface area (Å²) in [6.07, 6.45) is 0. The van der Waals surface area contributed by atoms with Crippen molar-refractivity contribution in [3.63, 3.8) is 0 Å². The molecule has 0 radical (unpaired) electrons. The zero-order valence-corrected chi connectivity index (χ0v) is 13.7. The summed E-state index contributed by atoms with van der Waals surface area (Å²) >= 11 is 7.80. The first-order chi connectivity index (χ1) is 10.1. The number of likely N-dealkylation sites (N-methyl/N-ethyl adjacent to an activating group) is 1. The second-order valence-electron chi connectivity index (χ2n) is 4.98. The van der Waals surface area contributed by atoms with Crippen LogP contribution < -0.4 is 5.32 Å². The Hall–Kier alpha value is -1.36. The van der Waals surface area contributed by atoms with E-state index in [4.69, 9.17) is 11.6 Å². The van der Waals surface area contributed by atoms with Crippen molar-refractivity contribution in [2.45, 2.75) is 26.1 Å². The molecule has 112 valence electrons. The van der Waals surface area contributed by atoms with E-state index in [1.165, 1.54) is 0 Å². The maximum Gasteiger partial charge on any atom is 0.237 e.